The second-order valence-electron chi connectivity index (χ2n) is 5.92. The van der Waals surface area contributed by atoms with E-state index in [1.165, 1.54) is 30.5 Å². The minimum absolute atomic E-state index is 0.0862. The highest BCUT2D eigenvalue weighted by molar-refractivity contribution is 5.46. The number of hydrogen-bond donors (Lipinski definition) is 0. The summed E-state index contributed by atoms with van der Waals surface area (Å²) in [6.45, 7) is 9.54. The quantitative estimate of drug-likeness (QED) is 0.460. The van der Waals surface area contributed by atoms with Crippen molar-refractivity contribution in [2.24, 2.45) is 0 Å². The zero-order valence-electron chi connectivity index (χ0n) is 17.3. The minimum atomic E-state index is -0.467. The summed E-state index contributed by atoms with van der Waals surface area (Å²) in [6.07, 6.45) is 2.59. The number of pyridine rings is 2. The van der Waals surface area contributed by atoms with Crippen LogP contribution >= 0.6 is 0 Å². The fourth-order valence-electron chi connectivity index (χ4n) is 2.01. The van der Waals surface area contributed by atoms with Crippen LogP contribution in [0.5, 0.6) is 0 Å². The lowest BCUT2D eigenvalue weighted by molar-refractivity contribution is 0.479. The van der Waals surface area contributed by atoms with E-state index < -0.39 is 5.82 Å². The number of nitrogens with zero attached hydrogens (tertiary/aromatic N) is 6. The van der Waals surface area contributed by atoms with Gasteiger partial charge in [0.05, 0.1) is 6.20 Å². The topological polar surface area (TPSA) is 104 Å². The maximum absolute atomic E-state index is 13.1. The Morgan fingerprint density at radius 3 is 2.13 bits per heavy atom. The molecule has 4 aromatic rings. The van der Waals surface area contributed by atoms with Gasteiger partial charge in [-0.3, -0.25) is 0 Å². The molecule has 4 heterocycles. The molecule has 0 radical (unpaired) electrons. The summed E-state index contributed by atoms with van der Waals surface area (Å²) in [5.74, 6) is 0.686. The summed E-state index contributed by atoms with van der Waals surface area (Å²) in [7, 11) is 0. The molecule has 158 valence electrons. The molecule has 0 aromatic carbocycles. The Hall–Kier alpha value is -3.56. The van der Waals surface area contributed by atoms with Gasteiger partial charge in [0.15, 0.2) is 11.5 Å². The Balaban J connectivity index is 0.000000199. The van der Waals surface area contributed by atoms with Gasteiger partial charge >= 0.3 is 0 Å². The molecule has 4 rings (SSSR count). The van der Waals surface area contributed by atoms with E-state index in [0.717, 1.165) is 6.20 Å². The molecule has 0 spiro atoms. The van der Waals surface area contributed by atoms with Gasteiger partial charge in [-0.05, 0) is 24.3 Å². The molecular weight excluding hydrogens is 394 g/mol. The predicted octanol–water partition coefficient (Wildman–Crippen LogP) is 5.00. The third-order valence-corrected chi connectivity index (χ3v) is 3.37. The zero-order valence-corrected chi connectivity index (χ0v) is 17.3. The smallest absolute Gasteiger partial charge is 0.269 e. The van der Waals surface area contributed by atoms with Crippen LogP contribution in [0.3, 0.4) is 0 Å². The van der Waals surface area contributed by atoms with Crippen LogP contribution in [-0.2, 0) is 0 Å². The van der Waals surface area contributed by atoms with E-state index in [0.29, 0.717) is 23.4 Å². The van der Waals surface area contributed by atoms with E-state index in [1.807, 2.05) is 27.7 Å². The van der Waals surface area contributed by atoms with Crippen LogP contribution in [0, 0.1) is 18.6 Å². The van der Waals surface area contributed by atoms with Crippen LogP contribution in [0.15, 0.2) is 45.5 Å². The molecule has 8 nitrogen and oxygen atoms in total. The number of halogens is 2. The molecule has 4 aromatic heterocycles. The lowest BCUT2D eigenvalue weighted by Gasteiger charge is -1.95. The summed E-state index contributed by atoms with van der Waals surface area (Å²) in [6, 6.07) is 5.61. The lowest BCUT2D eigenvalue weighted by atomic mass is 10.2. The molecule has 0 saturated carbocycles. The molecule has 0 bridgehead atoms. The van der Waals surface area contributed by atoms with Crippen molar-refractivity contribution >= 4 is 0 Å². The van der Waals surface area contributed by atoms with Crippen LogP contribution in [0.25, 0.3) is 23.2 Å². The highest BCUT2D eigenvalue weighted by atomic mass is 19.1. The molecule has 0 atom stereocenters. The number of hydrogen-bond acceptors (Lipinski definition) is 8. The van der Waals surface area contributed by atoms with Gasteiger partial charge in [0.1, 0.15) is 11.5 Å². The highest BCUT2D eigenvalue weighted by Crippen LogP contribution is 2.19. The fourth-order valence-corrected chi connectivity index (χ4v) is 2.01. The molecule has 10 heteroatoms. The second-order valence-corrected chi connectivity index (χ2v) is 5.92. The predicted molar refractivity (Wildman–Crippen MR) is 105 cm³/mol. The van der Waals surface area contributed by atoms with Crippen molar-refractivity contribution in [2.75, 3.05) is 0 Å². The third kappa shape index (κ3) is 5.97. The van der Waals surface area contributed by atoms with Crippen molar-refractivity contribution in [3.8, 4) is 23.2 Å². The monoisotopic (exact) mass is 416 g/mol. The largest absolute Gasteiger partial charge is 0.420 e. The van der Waals surface area contributed by atoms with Crippen molar-refractivity contribution in [1.29, 1.82) is 0 Å². The first-order valence-corrected chi connectivity index (χ1v) is 9.30. The summed E-state index contributed by atoms with van der Waals surface area (Å²) in [5.41, 5.74) is 0.568. The first kappa shape index (κ1) is 22.7. The standard InChI is InChI=1S/C10H10FN3O.C8H6FN3O.C2H6/c1-6(2)9-13-14-10(15-9)8-4-3-7(11)5-12-8;1-5-11-12-8(13-5)7-6(9)3-2-4-10-7;1-2/h3-6H,1-2H3;2-4H,1H3;1-2H3. The molecule has 0 unspecified atom stereocenters. The Morgan fingerprint density at radius 1 is 0.867 bits per heavy atom. The normalized spacial score (nSPS) is 10.1. The molecule has 0 N–H and O–H groups in total. The molecule has 0 aliphatic carbocycles. The summed E-state index contributed by atoms with van der Waals surface area (Å²) >= 11 is 0. The van der Waals surface area contributed by atoms with Crippen molar-refractivity contribution in [3.05, 3.63) is 60.1 Å². The fraction of sp³-hybridized carbons (Fsp3) is 0.300. The summed E-state index contributed by atoms with van der Waals surface area (Å²) in [4.78, 5) is 7.64. The molecule has 0 aliphatic rings. The highest BCUT2D eigenvalue weighted by Gasteiger charge is 2.12. The SMILES string of the molecule is CC.CC(C)c1nnc(-c2ccc(F)cn2)o1.Cc1nnc(-c2ncccc2F)o1. The van der Waals surface area contributed by atoms with E-state index in [9.17, 15) is 8.78 Å². The average molecular weight is 416 g/mol. The van der Waals surface area contributed by atoms with Gasteiger partial charge in [0.2, 0.25) is 11.8 Å². The van der Waals surface area contributed by atoms with Crippen LogP contribution in [0.2, 0.25) is 0 Å². The van der Waals surface area contributed by atoms with Gasteiger partial charge in [0, 0.05) is 19.0 Å². The number of aryl methyl sites for hydroxylation is 1. The van der Waals surface area contributed by atoms with Gasteiger partial charge in [0.25, 0.3) is 11.8 Å². The number of rotatable bonds is 3. The van der Waals surface area contributed by atoms with Crippen LogP contribution < -0.4 is 0 Å². The van der Waals surface area contributed by atoms with Gasteiger partial charge in [-0.15, -0.1) is 20.4 Å². The molecule has 0 amide bonds. The first-order chi connectivity index (χ1) is 14.4. The molecule has 30 heavy (non-hydrogen) atoms. The Labute approximate surface area is 172 Å². The van der Waals surface area contributed by atoms with Crippen molar-refractivity contribution in [2.45, 2.75) is 40.5 Å². The van der Waals surface area contributed by atoms with E-state index in [1.54, 1.807) is 6.92 Å². The molecular formula is C20H22F2N6O2. The van der Waals surface area contributed by atoms with Crippen molar-refractivity contribution < 1.29 is 17.6 Å². The van der Waals surface area contributed by atoms with Gasteiger partial charge in [-0.1, -0.05) is 27.7 Å². The van der Waals surface area contributed by atoms with E-state index in [4.69, 9.17) is 8.83 Å². The van der Waals surface area contributed by atoms with Gasteiger partial charge in [-0.2, -0.15) is 0 Å². The van der Waals surface area contributed by atoms with E-state index in [2.05, 4.69) is 30.4 Å². The van der Waals surface area contributed by atoms with Crippen LogP contribution in [0.1, 0.15) is 45.4 Å². The maximum atomic E-state index is 13.1. The Bertz CT molecular complexity index is 1050. The maximum Gasteiger partial charge on any atom is 0.269 e. The molecule has 0 fully saturated rings. The molecule has 0 saturated heterocycles. The van der Waals surface area contributed by atoms with Crippen molar-refractivity contribution in [3.63, 3.8) is 0 Å². The summed E-state index contributed by atoms with van der Waals surface area (Å²) in [5, 5.41) is 14.9. The third-order valence-electron chi connectivity index (χ3n) is 3.37. The molecule has 0 aliphatic heterocycles. The lowest BCUT2D eigenvalue weighted by Crippen LogP contribution is -1.87. The van der Waals surface area contributed by atoms with Crippen LogP contribution in [-0.4, -0.2) is 30.4 Å². The van der Waals surface area contributed by atoms with Gasteiger partial charge < -0.3 is 8.83 Å². The average Bonchev–Trinajstić information content (AvgIpc) is 3.41. The first-order valence-electron chi connectivity index (χ1n) is 9.30. The van der Waals surface area contributed by atoms with E-state index in [-0.39, 0.29) is 23.3 Å². The summed E-state index contributed by atoms with van der Waals surface area (Å²) < 4.78 is 36.1. The van der Waals surface area contributed by atoms with Gasteiger partial charge in [-0.25, -0.2) is 18.7 Å². The second kappa shape index (κ2) is 10.8. The Morgan fingerprint density at radius 2 is 1.60 bits per heavy atom. The number of aromatic nitrogens is 6. The zero-order chi connectivity index (χ0) is 22.1. The Kier molecular flexibility index (Phi) is 8.21. The minimum Gasteiger partial charge on any atom is -0.420 e. The van der Waals surface area contributed by atoms with Crippen molar-refractivity contribution in [1.82, 2.24) is 30.4 Å². The van der Waals surface area contributed by atoms with E-state index >= 15 is 0 Å². The van der Waals surface area contributed by atoms with Crippen LogP contribution in [0.4, 0.5) is 8.78 Å².